The fourth-order valence-corrected chi connectivity index (χ4v) is 2.99. The lowest BCUT2D eigenvalue weighted by atomic mass is 10.0. The number of hydrogen-bond donors (Lipinski definition) is 2. The zero-order chi connectivity index (χ0) is 17.7. The van der Waals surface area contributed by atoms with Crippen molar-refractivity contribution in [1.29, 1.82) is 0 Å². The Morgan fingerprint density at radius 1 is 1.17 bits per heavy atom. The smallest absolute Gasteiger partial charge is 0.226 e. The quantitative estimate of drug-likeness (QED) is 0.820. The number of amides is 1. The average molecular weight is 371 g/mol. The lowest BCUT2D eigenvalue weighted by molar-refractivity contribution is -0.116. The van der Waals surface area contributed by atoms with E-state index in [1.165, 1.54) is 18.2 Å². The molecule has 0 fully saturated rings. The van der Waals surface area contributed by atoms with E-state index in [0.29, 0.717) is 10.6 Å². The molecule has 0 aromatic heterocycles. The number of halogens is 2. The number of para-hydroxylation sites is 1. The lowest BCUT2D eigenvalue weighted by Gasteiger charge is -2.18. The summed E-state index contributed by atoms with van der Waals surface area (Å²) in [5.74, 6) is -1.08. The van der Waals surface area contributed by atoms with Gasteiger partial charge in [0, 0.05) is 11.4 Å². The summed E-state index contributed by atoms with van der Waals surface area (Å²) in [6.45, 7) is 0. The third kappa shape index (κ3) is 5.59. The highest BCUT2D eigenvalue weighted by Crippen LogP contribution is 2.21. The van der Waals surface area contributed by atoms with Gasteiger partial charge in [-0.2, -0.15) is 0 Å². The molecule has 0 aliphatic carbocycles. The molecule has 0 radical (unpaired) electrons. The average Bonchev–Trinajstić information content (AvgIpc) is 2.48. The van der Waals surface area contributed by atoms with Gasteiger partial charge in [0.15, 0.2) is 0 Å². The number of carbonyl (C=O) groups is 1. The van der Waals surface area contributed by atoms with Gasteiger partial charge in [0.25, 0.3) is 0 Å². The Hall–Kier alpha value is -1.96. The van der Waals surface area contributed by atoms with Gasteiger partial charge in [-0.25, -0.2) is 17.5 Å². The van der Waals surface area contributed by atoms with Crippen LogP contribution in [0.4, 0.5) is 10.1 Å². The number of nitrogens with one attached hydrogen (secondary N) is 2. The van der Waals surface area contributed by atoms with Crippen molar-refractivity contribution in [2.75, 3.05) is 11.6 Å². The zero-order valence-electron chi connectivity index (χ0n) is 12.8. The fraction of sp³-hybridized carbons (Fsp3) is 0.188. The molecular formula is C16H16ClFN2O3S. The van der Waals surface area contributed by atoms with Gasteiger partial charge in [-0.3, -0.25) is 4.79 Å². The molecule has 0 heterocycles. The van der Waals surface area contributed by atoms with Crippen LogP contribution in [0.3, 0.4) is 0 Å². The summed E-state index contributed by atoms with van der Waals surface area (Å²) in [4.78, 5) is 12.2. The Kier molecular flexibility index (Phi) is 5.93. The molecule has 2 rings (SSSR count). The van der Waals surface area contributed by atoms with Gasteiger partial charge in [0.05, 0.1) is 18.0 Å². The van der Waals surface area contributed by atoms with E-state index in [4.69, 9.17) is 11.6 Å². The Morgan fingerprint density at radius 3 is 2.38 bits per heavy atom. The number of anilines is 1. The van der Waals surface area contributed by atoms with E-state index >= 15 is 0 Å². The van der Waals surface area contributed by atoms with Crippen LogP contribution in [0.2, 0.25) is 5.02 Å². The lowest BCUT2D eigenvalue weighted by Crippen LogP contribution is -2.30. The van der Waals surface area contributed by atoms with Crippen molar-refractivity contribution >= 4 is 33.2 Å². The van der Waals surface area contributed by atoms with Crippen LogP contribution < -0.4 is 10.0 Å². The Labute approximate surface area is 144 Å². The van der Waals surface area contributed by atoms with Crippen LogP contribution in [-0.2, 0) is 14.8 Å². The highest BCUT2D eigenvalue weighted by atomic mass is 35.5. The number of hydrogen-bond acceptors (Lipinski definition) is 3. The number of carbonyl (C=O) groups excluding carboxylic acids is 1. The van der Waals surface area contributed by atoms with E-state index in [1.54, 1.807) is 30.3 Å². The molecule has 128 valence electrons. The van der Waals surface area contributed by atoms with E-state index in [2.05, 4.69) is 10.0 Å². The molecule has 1 atom stereocenters. The largest absolute Gasteiger partial charge is 0.324 e. The molecule has 2 aromatic carbocycles. The summed E-state index contributed by atoms with van der Waals surface area (Å²) in [5, 5.41) is 2.93. The highest BCUT2D eigenvalue weighted by molar-refractivity contribution is 7.88. The van der Waals surface area contributed by atoms with Crippen molar-refractivity contribution in [1.82, 2.24) is 4.72 Å². The van der Waals surface area contributed by atoms with Crippen LogP contribution >= 0.6 is 11.6 Å². The second-order valence-electron chi connectivity index (χ2n) is 5.23. The maximum absolute atomic E-state index is 13.6. The van der Waals surface area contributed by atoms with Crippen LogP contribution in [-0.4, -0.2) is 20.6 Å². The first-order valence-corrected chi connectivity index (χ1v) is 9.29. The van der Waals surface area contributed by atoms with E-state index in [9.17, 15) is 17.6 Å². The number of benzene rings is 2. The molecule has 0 unspecified atom stereocenters. The fourth-order valence-electron chi connectivity index (χ4n) is 2.13. The second kappa shape index (κ2) is 7.74. The number of sulfonamides is 1. The van der Waals surface area contributed by atoms with Crippen molar-refractivity contribution in [2.24, 2.45) is 0 Å². The monoisotopic (exact) mass is 370 g/mol. The van der Waals surface area contributed by atoms with E-state index in [0.717, 1.165) is 6.26 Å². The summed E-state index contributed by atoms with van der Waals surface area (Å²) in [7, 11) is -3.55. The van der Waals surface area contributed by atoms with Gasteiger partial charge in [-0.1, -0.05) is 35.9 Å². The molecule has 0 aliphatic heterocycles. The van der Waals surface area contributed by atoms with Gasteiger partial charge < -0.3 is 5.32 Å². The first kappa shape index (κ1) is 18.4. The molecule has 0 aliphatic rings. The molecule has 2 aromatic rings. The predicted molar refractivity (Wildman–Crippen MR) is 91.8 cm³/mol. The molecular weight excluding hydrogens is 355 g/mol. The molecule has 24 heavy (non-hydrogen) atoms. The van der Waals surface area contributed by atoms with Crippen LogP contribution in [0.25, 0.3) is 0 Å². The van der Waals surface area contributed by atoms with Crippen molar-refractivity contribution < 1.29 is 17.6 Å². The summed E-state index contributed by atoms with van der Waals surface area (Å²) in [5.41, 5.74) is 0.616. The van der Waals surface area contributed by atoms with Crippen LogP contribution in [0.1, 0.15) is 18.0 Å². The molecule has 2 N–H and O–H groups in total. The minimum absolute atomic E-state index is 0.0386. The maximum atomic E-state index is 13.6. The number of rotatable bonds is 6. The minimum atomic E-state index is -3.55. The predicted octanol–water partition coefficient (Wildman–Crippen LogP) is 3.10. The minimum Gasteiger partial charge on any atom is -0.324 e. The molecule has 0 bridgehead atoms. The van der Waals surface area contributed by atoms with Crippen molar-refractivity contribution in [2.45, 2.75) is 12.5 Å². The van der Waals surface area contributed by atoms with E-state index in [1.807, 2.05) is 0 Å². The first-order valence-electron chi connectivity index (χ1n) is 7.02. The highest BCUT2D eigenvalue weighted by Gasteiger charge is 2.20. The first-order chi connectivity index (χ1) is 11.2. The zero-order valence-corrected chi connectivity index (χ0v) is 14.4. The second-order valence-corrected chi connectivity index (χ2v) is 7.44. The summed E-state index contributed by atoms with van der Waals surface area (Å²) >= 11 is 5.82. The summed E-state index contributed by atoms with van der Waals surface area (Å²) in [6.07, 6.45) is 0.813. The normalized spacial score (nSPS) is 12.6. The third-order valence-corrected chi connectivity index (χ3v) is 4.13. The SMILES string of the molecule is CS(=O)(=O)N[C@H](CC(=O)Nc1ccccc1F)c1ccc(Cl)cc1. The molecule has 0 saturated heterocycles. The van der Waals surface area contributed by atoms with Crippen molar-refractivity contribution in [3.8, 4) is 0 Å². The van der Waals surface area contributed by atoms with Gasteiger partial charge in [0.2, 0.25) is 15.9 Å². The van der Waals surface area contributed by atoms with E-state index in [-0.39, 0.29) is 12.1 Å². The van der Waals surface area contributed by atoms with Gasteiger partial charge in [-0.05, 0) is 29.8 Å². The molecule has 0 spiro atoms. The molecule has 5 nitrogen and oxygen atoms in total. The topological polar surface area (TPSA) is 75.3 Å². The molecule has 0 saturated carbocycles. The Balaban J connectivity index is 2.17. The standard InChI is InChI=1S/C16H16ClFN2O3S/c1-24(22,23)20-15(11-6-8-12(17)9-7-11)10-16(21)19-14-5-3-2-4-13(14)18/h2-9,15,20H,10H2,1H3,(H,19,21)/t15-/m1/s1. The summed E-state index contributed by atoms with van der Waals surface area (Å²) < 4.78 is 39.1. The maximum Gasteiger partial charge on any atom is 0.226 e. The van der Waals surface area contributed by atoms with Crippen LogP contribution in [0, 0.1) is 5.82 Å². The third-order valence-electron chi connectivity index (χ3n) is 3.17. The van der Waals surface area contributed by atoms with Crippen molar-refractivity contribution in [3.05, 3.63) is 64.9 Å². The Morgan fingerprint density at radius 2 is 1.79 bits per heavy atom. The van der Waals surface area contributed by atoms with Gasteiger partial charge >= 0.3 is 0 Å². The van der Waals surface area contributed by atoms with E-state index < -0.39 is 27.8 Å². The molecule has 8 heteroatoms. The summed E-state index contributed by atoms with van der Waals surface area (Å²) in [6, 6.07) is 11.4. The van der Waals surface area contributed by atoms with Crippen molar-refractivity contribution in [3.63, 3.8) is 0 Å². The molecule has 1 amide bonds. The Bertz CT molecular complexity index is 825. The van der Waals surface area contributed by atoms with Gasteiger partial charge in [-0.15, -0.1) is 0 Å². The van der Waals surface area contributed by atoms with Crippen LogP contribution in [0.15, 0.2) is 48.5 Å². The van der Waals surface area contributed by atoms with Gasteiger partial charge in [0.1, 0.15) is 5.82 Å². The van der Waals surface area contributed by atoms with Crippen LogP contribution in [0.5, 0.6) is 0 Å².